The van der Waals surface area contributed by atoms with Gasteiger partial charge < -0.3 is 10.1 Å². The van der Waals surface area contributed by atoms with Gasteiger partial charge in [-0.15, -0.1) is 0 Å². The monoisotopic (exact) mass is 376 g/mol. The van der Waals surface area contributed by atoms with Gasteiger partial charge in [-0.1, -0.05) is 19.1 Å². The van der Waals surface area contributed by atoms with Crippen LogP contribution in [0.1, 0.15) is 19.4 Å². The van der Waals surface area contributed by atoms with Crippen LogP contribution in [0.5, 0.6) is 5.75 Å². The lowest BCUT2D eigenvalue weighted by Crippen LogP contribution is -2.45. The van der Waals surface area contributed by atoms with Crippen LogP contribution >= 0.6 is 0 Å². The SMILES string of the molecule is CCc1ccc(N([C@@H](C)C(=O)Nc2ccc(OC)cc2)S(C)(=O)=O)cc1. The summed E-state index contributed by atoms with van der Waals surface area (Å²) < 4.78 is 30.8. The van der Waals surface area contributed by atoms with Crippen molar-refractivity contribution in [1.82, 2.24) is 0 Å². The molecule has 0 spiro atoms. The molecule has 0 saturated heterocycles. The molecule has 0 fully saturated rings. The summed E-state index contributed by atoms with van der Waals surface area (Å²) in [6, 6.07) is 13.1. The van der Waals surface area contributed by atoms with E-state index in [1.54, 1.807) is 50.4 Å². The molecule has 0 bridgehead atoms. The number of aryl methyl sites for hydroxylation is 1. The summed E-state index contributed by atoms with van der Waals surface area (Å²) in [5.74, 6) is 0.255. The van der Waals surface area contributed by atoms with E-state index in [2.05, 4.69) is 5.32 Å². The Bertz CT molecular complexity index is 846. The Hall–Kier alpha value is -2.54. The number of nitrogens with one attached hydrogen (secondary N) is 1. The number of nitrogens with zero attached hydrogens (tertiary/aromatic N) is 1. The first-order valence-corrected chi connectivity index (χ1v) is 10.1. The highest BCUT2D eigenvalue weighted by Gasteiger charge is 2.29. The van der Waals surface area contributed by atoms with Gasteiger partial charge in [-0.25, -0.2) is 8.42 Å². The molecule has 26 heavy (non-hydrogen) atoms. The Kier molecular flexibility index (Phi) is 6.26. The van der Waals surface area contributed by atoms with Crippen molar-refractivity contribution in [1.29, 1.82) is 0 Å². The van der Waals surface area contributed by atoms with Gasteiger partial charge in [0.1, 0.15) is 11.8 Å². The molecule has 0 aliphatic rings. The van der Waals surface area contributed by atoms with Crippen molar-refractivity contribution < 1.29 is 17.9 Å². The minimum Gasteiger partial charge on any atom is -0.497 e. The number of hydrogen-bond donors (Lipinski definition) is 1. The van der Waals surface area contributed by atoms with Crippen LogP contribution in [0, 0.1) is 0 Å². The number of amides is 1. The van der Waals surface area contributed by atoms with Crippen molar-refractivity contribution in [3.63, 3.8) is 0 Å². The van der Waals surface area contributed by atoms with E-state index in [0.717, 1.165) is 22.5 Å². The summed E-state index contributed by atoms with van der Waals surface area (Å²) >= 11 is 0. The van der Waals surface area contributed by atoms with Crippen LogP contribution in [0.2, 0.25) is 0 Å². The lowest BCUT2D eigenvalue weighted by atomic mass is 10.1. The molecule has 0 aliphatic carbocycles. The van der Waals surface area contributed by atoms with Crippen molar-refractivity contribution in [2.75, 3.05) is 23.0 Å². The van der Waals surface area contributed by atoms with E-state index in [-0.39, 0.29) is 0 Å². The van der Waals surface area contributed by atoms with Gasteiger partial charge in [-0.05, 0) is 55.3 Å². The van der Waals surface area contributed by atoms with Gasteiger partial charge >= 0.3 is 0 Å². The zero-order valence-electron chi connectivity index (χ0n) is 15.4. The Labute approximate surface area is 154 Å². The predicted molar refractivity (Wildman–Crippen MR) is 104 cm³/mol. The fourth-order valence-electron chi connectivity index (χ4n) is 2.61. The zero-order valence-corrected chi connectivity index (χ0v) is 16.2. The number of rotatable bonds is 7. The molecule has 0 unspecified atom stereocenters. The number of benzene rings is 2. The molecule has 1 atom stereocenters. The van der Waals surface area contributed by atoms with Gasteiger partial charge in [0, 0.05) is 5.69 Å². The smallest absolute Gasteiger partial charge is 0.247 e. The number of anilines is 2. The van der Waals surface area contributed by atoms with Crippen LogP contribution in [0.25, 0.3) is 0 Å². The first kappa shape index (κ1) is 19.8. The standard InChI is InChI=1S/C19H24N2O4S/c1-5-15-6-10-17(11-7-15)21(26(4,23)24)14(2)19(22)20-16-8-12-18(25-3)13-9-16/h6-14H,5H2,1-4H3,(H,20,22)/t14-/m0/s1. The highest BCUT2D eigenvalue weighted by Crippen LogP contribution is 2.23. The molecule has 2 aromatic rings. The predicted octanol–water partition coefficient (Wildman–Crippen LogP) is 3.05. The first-order valence-electron chi connectivity index (χ1n) is 8.29. The minimum absolute atomic E-state index is 0.417. The highest BCUT2D eigenvalue weighted by atomic mass is 32.2. The van der Waals surface area contributed by atoms with Crippen LogP contribution < -0.4 is 14.4 Å². The fourth-order valence-corrected chi connectivity index (χ4v) is 3.78. The quantitative estimate of drug-likeness (QED) is 0.806. The third-order valence-corrected chi connectivity index (χ3v) is 5.29. The molecule has 6 nitrogen and oxygen atoms in total. The molecule has 2 aromatic carbocycles. The average molecular weight is 376 g/mol. The van der Waals surface area contributed by atoms with E-state index < -0.39 is 22.0 Å². The number of sulfonamides is 1. The third kappa shape index (κ3) is 4.76. The topological polar surface area (TPSA) is 75.7 Å². The molecule has 0 heterocycles. The second kappa shape index (κ2) is 8.23. The van der Waals surface area contributed by atoms with Crippen molar-refractivity contribution >= 4 is 27.3 Å². The van der Waals surface area contributed by atoms with Crippen LogP contribution in [0.15, 0.2) is 48.5 Å². The number of methoxy groups -OCH3 is 1. The zero-order chi connectivity index (χ0) is 19.3. The van der Waals surface area contributed by atoms with Gasteiger partial charge in [-0.2, -0.15) is 0 Å². The molecule has 0 saturated carbocycles. The maximum atomic E-state index is 12.6. The lowest BCUT2D eigenvalue weighted by Gasteiger charge is -2.28. The summed E-state index contributed by atoms with van der Waals surface area (Å²) in [5.41, 5.74) is 2.12. The Morgan fingerprint density at radius 2 is 1.69 bits per heavy atom. The highest BCUT2D eigenvalue weighted by molar-refractivity contribution is 7.92. The van der Waals surface area contributed by atoms with Gasteiger partial charge in [0.15, 0.2) is 0 Å². The summed E-state index contributed by atoms with van der Waals surface area (Å²) in [7, 11) is -2.07. The van der Waals surface area contributed by atoms with E-state index in [4.69, 9.17) is 4.74 Å². The van der Waals surface area contributed by atoms with Crippen LogP contribution in [-0.2, 0) is 21.2 Å². The van der Waals surface area contributed by atoms with Gasteiger partial charge in [0.05, 0.1) is 19.1 Å². The molecule has 1 amide bonds. The number of ether oxygens (including phenoxy) is 1. The van der Waals surface area contributed by atoms with Crippen molar-refractivity contribution in [3.8, 4) is 5.75 Å². The number of carbonyl (C=O) groups is 1. The summed E-state index contributed by atoms with van der Waals surface area (Å²) in [5, 5.41) is 2.74. The maximum absolute atomic E-state index is 12.6. The molecule has 0 aliphatic heterocycles. The van der Waals surface area contributed by atoms with Crippen LogP contribution in [0.3, 0.4) is 0 Å². The number of carbonyl (C=O) groups excluding carboxylic acids is 1. The van der Waals surface area contributed by atoms with Crippen molar-refractivity contribution in [2.45, 2.75) is 26.3 Å². The summed E-state index contributed by atoms with van der Waals surface area (Å²) in [4.78, 5) is 12.6. The van der Waals surface area contributed by atoms with Crippen molar-refractivity contribution in [3.05, 3.63) is 54.1 Å². The van der Waals surface area contributed by atoms with Gasteiger partial charge in [0.25, 0.3) is 0 Å². The van der Waals surface area contributed by atoms with Gasteiger partial charge in [-0.3, -0.25) is 9.10 Å². The van der Waals surface area contributed by atoms with E-state index >= 15 is 0 Å². The first-order chi connectivity index (χ1) is 12.3. The molecule has 0 radical (unpaired) electrons. The minimum atomic E-state index is -3.63. The molecular formula is C19H24N2O4S. The van der Waals surface area contributed by atoms with Crippen LogP contribution in [-0.4, -0.2) is 33.7 Å². The Morgan fingerprint density at radius 3 is 2.15 bits per heavy atom. The van der Waals surface area contributed by atoms with E-state index in [0.29, 0.717) is 17.1 Å². The summed E-state index contributed by atoms with van der Waals surface area (Å²) in [6.07, 6.45) is 1.95. The molecule has 1 N–H and O–H groups in total. The van der Waals surface area contributed by atoms with Gasteiger partial charge in [0.2, 0.25) is 15.9 Å². The molecule has 2 rings (SSSR count). The normalized spacial score (nSPS) is 12.3. The van der Waals surface area contributed by atoms with E-state index in [1.807, 2.05) is 19.1 Å². The van der Waals surface area contributed by atoms with Crippen molar-refractivity contribution in [2.24, 2.45) is 0 Å². The second-order valence-corrected chi connectivity index (χ2v) is 7.83. The largest absolute Gasteiger partial charge is 0.497 e. The second-order valence-electron chi connectivity index (χ2n) is 5.97. The Balaban J connectivity index is 2.24. The fraction of sp³-hybridized carbons (Fsp3) is 0.316. The molecule has 0 aromatic heterocycles. The van der Waals surface area contributed by atoms with E-state index in [9.17, 15) is 13.2 Å². The van der Waals surface area contributed by atoms with Crippen LogP contribution in [0.4, 0.5) is 11.4 Å². The Morgan fingerprint density at radius 1 is 1.12 bits per heavy atom. The molecule has 7 heteroatoms. The third-order valence-electron chi connectivity index (χ3n) is 4.05. The molecular weight excluding hydrogens is 352 g/mol. The molecule has 140 valence electrons. The van der Waals surface area contributed by atoms with E-state index in [1.165, 1.54) is 0 Å². The average Bonchev–Trinajstić information content (AvgIpc) is 2.61. The lowest BCUT2D eigenvalue weighted by molar-refractivity contribution is -0.116. The maximum Gasteiger partial charge on any atom is 0.247 e. The number of hydrogen-bond acceptors (Lipinski definition) is 4. The summed E-state index contributed by atoms with van der Waals surface area (Å²) in [6.45, 7) is 3.59.